The summed E-state index contributed by atoms with van der Waals surface area (Å²) in [5.41, 5.74) is 4.67. The number of aromatic nitrogens is 1. The Bertz CT molecular complexity index is 2950. The first-order chi connectivity index (χ1) is 33.3. The Hall–Kier alpha value is -5.95. The van der Waals surface area contributed by atoms with Gasteiger partial charge in [0.25, 0.3) is 21.6 Å². The van der Waals surface area contributed by atoms with Crippen LogP contribution in [0.15, 0.2) is 114 Å². The highest BCUT2D eigenvalue weighted by Gasteiger charge is 2.37. The van der Waals surface area contributed by atoms with Crippen molar-refractivity contribution in [2.24, 2.45) is 0 Å². The number of carbonyl (C=O) groups excluding carboxylic acids is 1. The van der Waals surface area contributed by atoms with Crippen molar-refractivity contribution < 1.29 is 32.0 Å². The van der Waals surface area contributed by atoms with Gasteiger partial charge in [0.15, 0.2) is 8.32 Å². The van der Waals surface area contributed by atoms with E-state index in [4.69, 9.17) is 25.5 Å². The number of benzene rings is 5. The monoisotopic (exact) mass is 1010 g/mol. The van der Waals surface area contributed by atoms with E-state index in [1.54, 1.807) is 30.5 Å². The molecule has 15 nitrogen and oxygen atoms in total. The van der Waals surface area contributed by atoms with Crippen molar-refractivity contribution in [1.82, 2.24) is 19.5 Å². The largest absolute Gasteiger partial charge is 0.491 e. The van der Waals surface area contributed by atoms with Crippen LogP contribution in [0.4, 0.5) is 17.1 Å². The lowest BCUT2D eigenvalue weighted by atomic mass is 9.98. The summed E-state index contributed by atoms with van der Waals surface area (Å²) in [5, 5.41) is 17.0. The van der Waals surface area contributed by atoms with E-state index in [2.05, 4.69) is 75.7 Å². The standard InChI is InChI=1S/C52H62ClN7O8SSi/c1-52(2,3)70(5,6)67-31-30-66-41-15-18-43(36-10-12-38(53)13-11-36)37(32-41)35-58-26-28-59(29-27-58)40-14-17-45(50(33-40)68-49-9-7-8-46-44(49)20-23-54-46)51(61)56-69(64,65)42-16-19-47(48(34-42)60(62)63)55-39-21-24-57(4)25-22-39/h7-20,23,32-34,39,54-55H,21-22,24-31,35H2,1-6H3,(H,56,61). The first-order valence-corrected chi connectivity index (χ1v) is 28.4. The molecule has 1 aromatic heterocycles. The molecule has 3 N–H and O–H groups in total. The molecule has 5 aromatic carbocycles. The van der Waals surface area contributed by atoms with Crippen LogP contribution in [0, 0.1) is 10.1 Å². The highest BCUT2D eigenvalue weighted by molar-refractivity contribution is 7.90. The number of rotatable bonds is 17. The number of H-pyrrole nitrogens is 1. The molecule has 2 aliphatic rings. The number of likely N-dealkylation sites (tertiary alicyclic amines) is 1. The third kappa shape index (κ3) is 12.0. The number of nitrogens with one attached hydrogen (secondary N) is 3. The zero-order chi connectivity index (χ0) is 49.8. The molecular formula is C52H62ClN7O8SSi. The number of halogens is 1. The van der Waals surface area contributed by atoms with Crippen molar-refractivity contribution in [2.75, 3.05) is 69.7 Å². The minimum absolute atomic E-state index is 0.000641. The van der Waals surface area contributed by atoms with Gasteiger partial charge in [-0.3, -0.25) is 19.8 Å². The van der Waals surface area contributed by atoms with Gasteiger partial charge in [-0.15, -0.1) is 0 Å². The first kappa shape index (κ1) is 50.4. The fourth-order valence-electron chi connectivity index (χ4n) is 8.58. The predicted octanol–water partition coefficient (Wildman–Crippen LogP) is 10.5. The Kier molecular flexibility index (Phi) is 15.3. The number of nitro benzene ring substituents is 1. The molecule has 0 unspecified atom stereocenters. The number of nitro groups is 1. The molecule has 6 aromatic rings. The number of anilines is 2. The Balaban J connectivity index is 0.994. The molecule has 0 bridgehead atoms. The molecule has 2 saturated heterocycles. The Morgan fingerprint density at radius 3 is 2.34 bits per heavy atom. The lowest BCUT2D eigenvalue weighted by Gasteiger charge is -2.36. The maximum atomic E-state index is 14.1. The average Bonchev–Trinajstić information content (AvgIpc) is 3.82. The predicted molar refractivity (Wildman–Crippen MR) is 280 cm³/mol. The number of hydrogen-bond acceptors (Lipinski definition) is 12. The van der Waals surface area contributed by atoms with Gasteiger partial charge in [-0.05, 0) is 135 Å². The normalized spacial score (nSPS) is 15.5. The number of carbonyl (C=O) groups is 1. The van der Waals surface area contributed by atoms with E-state index in [1.165, 1.54) is 12.1 Å². The van der Waals surface area contributed by atoms with Crippen LogP contribution in [0.1, 0.15) is 49.5 Å². The van der Waals surface area contributed by atoms with E-state index in [0.717, 1.165) is 84.1 Å². The molecule has 0 atom stereocenters. The van der Waals surface area contributed by atoms with E-state index < -0.39 is 39.8 Å². The maximum absolute atomic E-state index is 14.1. The number of nitrogens with zero attached hydrogens (tertiary/aromatic N) is 4. The maximum Gasteiger partial charge on any atom is 0.293 e. The lowest BCUT2D eigenvalue weighted by molar-refractivity contribution is -0.384. The van der Waals surface area contributed by atoms with Gasteiger partial charge in [0.1, 0.15) is 29.5 Å². The van der Waals surface area contributed by atoms with Crippen molar-refractivity contribution in [3.05, 3.63) is 136 Å². The summed E-state index contributed by atoms with van der Waals surface area (Å²) in [6, 6.07) is 30.2. The van der Waals surface area contributed by atoms with E-state index in [9.17, 15) is 23.3 Å². The third-order valence-corrected chi connectivity index (χ3v) is 19.9. The summed E-state index contributed by atoms with van der Waals surface area (Å²) in [4.78, 5) is 35.2. The molecule has 1 amide bonds. The molecule has 0 aliphatic carbocycles. The molecule has 2 aliphatic heterocycles. The summed E-state index contributed by atoms with van der Waals surface area (Å²) in [5.74, 6) is 0.436. The van der Waals surface area contributed by atoms with Crippen LogP contribution in [-0.2, 0) is 21.0 Å². The average molecular weight is 1010 g/mol. The van der Waals surface area contributed by atoms with Gasteiger partial charge in [0.05, 0.1) is 22.0 Å². The molecule has 0 saturated carbocycles. The van der Waals surface area contributed by atoms with Crippen LogP contribution < -0.4 is 24.4 Å². The third-order valence-electron chi connectivity index (χ3n) is 13.8. The van der Waals surface area contributed by atoms with Gasteiger partial charge in [-0.25, -0.2) is 13.1 Å². The quantitative estimate of drug-likeness (QED) is 0.0342. The highest BCUT2D eigenvalue weighted by atomic mass is 35.5. The van der Waals surface area contributed by atoms with Crippen LogP contribution in [-0.4, -0.2) is 108 Å². The SMILES string of the molecule is CN1CCC(Nc2ccc(S(=O)(=O)NC(=O)c3ccc(N4CCN(Cc5cc(OCCO[Si](C)(C)C(C)(C)C)ccc5-c5ccc(Cl)cc5)CC4)cc3Oc3cccc4[nH]ccc34)cc2[N+](=O)[O-])CC1. The van der Waals surface area contributed by atoms with Crippen LogP contribution >= 0.6 is 11.6 Å². The summed E-state index contributed by atoms with van der Waals surface area (Å²) >= 11 is 6.28. The molecule has 0 radical (unpaired) electrons. The highest BCUT2D eigenvalue weighted by Crippen LogP contribution is 2.38. The van der Waals surface area contributed by atoms with Gasteiger partial charge in [0.2, 0.25) is 0 Å². The number of fused-ring (bicyclic) bond motifs is 1. The minimum atomic E-state index is -4.57. The fraction of sp³-hybridized carbons (Fsp3) is 0.365. The zero-order valence-electron chi connectivity index (χ0n) is 40.6. The number of piperidine rings is 1. The zero-order valence-corrected chi connectivity index (χ0v) is 43.2. The number of sulfonamides is 1. The minimum Gasteiger partial charge on any atom is -0.491 e. The second kappa shape index (κ2) is 21.2. The van der Waals surface area contributed by atoms with Crippen molar-refractivity contribution in [1.29, 1.82) is 0 Å². The smallest absolute Gasteiger partial charge is 0.293 e. The topological polar surface area (TPSA) is 172 Å². The fourth-order valence-corrected chi connectivity index (χ4v) is 10.7. The van der Waals surface area contributed by atoms with Gasteiger partial charge >= 0.3 is 0 Å². The Morgan fingerprint density at radius 2 is 1.63 bits per heavy atom. The molecule has 8 rings (SSSR count). The Morgan fingerprint density at radius 1 is 0.886 bits per heavy atom. The molecule has 2 fully saturated rings. The van der Waals surface area contributed by atoms with Crippen LogP contribution in [0.25, 0.3) is 22.0 Å². The summed E-state index contributed by atoms with van der Waals surface area (Å²) in [6.45, 7) is 17.2. The number of hydrogen-bond donors (Lipinski definition) is 3. The van der Waals surface area contributed by atoms with Crippen molar-refractivity contribution >= 4 is 63.8 Å². The molecule has 370 valence electrons. The summed E-state index contributed by atoms with van der Waals surface area (Å²) in [7, 11) is -4.46. The van der Waals surface area contributed by atoms with Crippen molar-refractivity contribution in [3.63, 3.8) is 0 Å². The van der Waals surface area contributed by atoms with Crippen molar-refractivity contribution in [2.45, 2.75) is 69.2 Å². The van der Waals surface area contributed by atoms with E-state index in [1.807, 2.05) is 55.6 Å². The lowest BCUT2D eigenvalue weighted by Crippen LogP contribution is -2.46. The summed E-state index contributed by atoms with van der Waals surface area (Å²) in [6.07, 6.45) is 3.36. The number of piperazine rings is 1. The van der Waals surface area contributed by atoms with Gasteiger partial charge in [-0.2, -0.15) is 0 Å². The number of amides is 1. The molecule has 18 heteroatoms. The van der Waals surface area contributed by atoms with Gasteiger partial charge in [-0.1, -0.05) is 56.6 Å². The second-order valence-electron chi connectivity index (χ2n) is 19.6. The van der Waals surface area contributed by atoms with E-state index in [-0.39, 0.29) is 28.1 Å². The van der Waals surface area contributed by atoms with Crippen molar-refractivity contribution in [3.8, 4) is 28.4 Å². The van der Waals surface area contributed by atoms with Crippen LogP contribution in [0.5, 0.6) is 17.2 Å². The molecule has 70 heavy (non-hydrogen) atoms. The first-order valence-electron chi connectivity index (χ1n) is 23.7. The number of aromatic amines is 1. The molecule has 0 spiro atoms. The van der Waals surface area contributed by atoms with E-state index >= 15 is 0 Å². The van der Waals surface area contributed by atoms with Crippen LogP contribution in [0.2, 0.25) is 23.2 Å². The van der Waals surface area contributed by atoms with Gasteiger partial charge in [0, 0.05) is 78.7 Å². The molecule has 3 heterocycles. The number of ether oxygens (including phenoxy) is 2. The summed E-state index contributed by atoms with van der Waals surface area (Å²) < 4.78 is 48.9. The second-order valence-corrected chi connectivity index (χ2v) is 26.5. The van der Waals surface area contributed by atoms with Gasteiger partial charge < -0.3 is 34.0 Å². The van der Waals surface area contributed by atoms with E-state index in [0.29, 0.717) is 43.6 Å². The Labute approximate surface area is 416 Å². The van der Waals surface area contributed by atoms with Crippen LogP contribution in [0.3, 0.4) is 0 Å². The molecular weight excluding hydrogens is 946 g/mol.